The quantitative estimate of drug-likeness (QED) is 0.908. The van der Waals surface area contributed by atoms with Crippen LogP contribution in [-0.2, 0) is 4.79 Å². The predicted molar refractivity (Wildman–Crippen MR) is 93.4 cm³/mol. The van der Waals surface area contributed by atoms with Gasteiger partial charge in [0.1, 0.15) is 10.7 Å². The van der Waals surface area contributed by atoms with Crippen LogP contribution >= 0.6 is 22.9 Å². The number of carbonyl (C=O) groups is 2. The summed E-state index contributed by atoms with van der Waals surface area (Å²) in [5.74, 6) is 0.0469. The number of hydrogen-bond acceptors (Lipinski definition) is 5. The standard InChI is InChI=1S/C16H17ClN4O2S/c1-10-18-8-13(24-10)16(23)21-6-2-3-11(9-21)15(22)20-14-5-4-12(17)7-19-14/h4-5,7-8,11H,2-3,6,9H2,1H3,(H,19,20,22). The van der Waals surface area contributed by atoms with Crippen molar-refractivity contribution >= 4 is 40.6 Å². The Balaban J connectivity index is 1.63. The van der Waals surface area contributed by atoms with E-state index in [2.05, 4.69) is 15.3 Å². The van der Waals surface area contributed by atoms with E-state index in [1.807, 2.05) is 6.92 Å². The monoisotopic (exact) mass is 364 g/mol. The van der Waals surface area contributed by atoms with Crippen LogP contribution in [0.25, 0.3) is 0 Å². The molecule has 6 nitrogen and oxygen atoms in total. The van der Waals surface area contributed by atoms with E-state index in [0.29, 0.717) is 28.8 Å². The Morgan fingerprint density at radius 2 is 2.17 bits per heavy atom. The van der Waals surface area contributed by atoms with E-state index in [0.717, 1.165) is 17.8 Å². The Morgan fingerprint density at radius 1 is 1.33 bits per heavy atom. The number of thiazole rings is 1. The van der Waals surface area contributed by atoms with E-state index in [1.165, 1.54) is 17.5 Å². The van der Waals surface area contributed by atoms with E-state index in [1.54, 1.807) is 23.2 Å². The van der Waals surface area contributed by atoms with E-state index in [9.17, 15) is 9.59 Å². The molecule has 1 N–H and O–H groups in total. The average molecular weight is 365 g/mol. The molecule has 2 aromatic rings. The van der Waals surface area contributed by atoms with E-state index >= 15 is 0 Å². The maximum Gasteiger partial charge on any atom is 0.265 e. The Kier molecular flexibility index (Phi) is 5.11. The van der Waals surface area contributed by atoms with Gasteiger partial charge in [0.2, 0.25) is 5.91 Å². The number of amides is 2. The number of nitrogens with zero attached hydrogens (tertiary/aromatic N) is 3. The molecule has 2 aromatic heterocycles. The third-order valence-electron chi connectivity index (χ3n) is 3.89. The number of carbonyl (C=O) groups excluding carboxylic acids is 2. The van der Waals surface area contributed by atoms with Crippen molar-refractivity contribution in [2.75, 3.05) is 18.4 Å². The number of nitrogens with one attached hydrogen (secondary N) is 1. The first-order chi connectivity index (χ1) is 11.5. The van der Waals surface area contributed by atoms with Crippen molar-refractivity contribution in [2.24, 2.45) is 5.92 Å². The zero-order valence-electron chi connectivity index (χ0n) is 13.2. The molecule has 126 valence electrons. The molecule has 1 saturated heterocycles. The Labute approximate surface area is 148 Å². The molecule has 3 rings (SSSR count). The maximum atomic E-state index is 12.5. The normalized spacial score (nSPS) is 17.6. The number of anilines is 1. The van der Waals surface area contributed by atoms with Crippen molar-refractivity contribution in [2.45, 2.75) is 19.8 Å². The molecule has 0 aliphatic carbocycles. The number of likely N-dealkylation sites (tertiary alicyclic amines) is 1. The van der Waals surface area contributed by atoms with Crippen molar-refractivity contribution in [1.82, 2.24) is 14.9 Å². The first kappa shape index (κ1) is 16.9. The summed E-state index contributed by atoms with van der Waals surface area (Å²) in [5.41, 5.74) is 0. The minimum Gasteiger partial charge on any atom is -0.337 e. The smallest absolute Gasteiger partial charge is 0.265 e. The highest BCUT2D eigenvalue weighted by Gasteiger charge is 2.29. The highest BCUT2D eigenvalue weighted by Crippen LogP contribution is 2.22. The number of piperidine rings is 1. The zero-order valence-corrected chi connectivity index (χ0v) is 14.7. The second-order valence-electron chi connectivity index (χ2n) is 5.68. The Hall–Kier alpha value is -1.99. The Bertz CT molecular complexity index is 747. The third kappa shape index (κ3) is 3.91. The van der Waals surface area contributed by atoms with E-state index < -0.39 is 0 Å². The second kappa shape index (κ2) is 7.27. The summed E-state index contributed by atoms with van der Waals surface area (Å²) >= 11 is 7.17. The summed E-state index contributed by atoms with van der Waals surface area (Å²) in [4.78, 5) is 35.5. The summed E-state index contributed by atoms with van der Waals surface area (Å²) in [6.45, 7) is 2.95. The largest absolute Gasteiger partial charge is 0.337 e. The minimum absolute atomic E-state index is 0.0530. The zero-order chi connectivity index (χ0) is 17.1. The van der Waals surface area contributed by atoms with Gasteiger partial charge in [0.05, 0.1) is 22.1 Å². The molecular formula is C16H17ClN4O2S. The van der Waals surface area contributed by atoms with Gasteiger partial charge in [0.15, 0.2) is 0 Å². The second-order valence-corrected chi connectivity index (χ2v) is 7.36. The van der Waals surface area contributed by atoms with Crippen LogP contribution in [0.2, 0.25) is 5.02 Å². The fourth-order valence-electron chi connectivity index (χ4n) is 2.67. The SMILES string of the molecule is Cc1ncc(C(=O)N2CCCC(C(=O)Nc3ccc(Cl)cn3)C2)s1. The molecule has 0 spiro atoms. The van der Waals surface area contributed by atoms with Crippen LogP contribution in [0.5, 0.6) is 0 Å². The van der Waals surface area contributed by atoms with Crippen LogP contribution in [0.4, 0.5) is 5.82 Å². The molecule has 8 heteroatoms. The molecule has 1 fully saturated rings. The predicted octanol–water partition coefficient (Wildman–Crippen LogP) is 2.99. The first-order valence-corrected chi connectivity index (χ1v) is 8.86. The molecule has 1 unspecified atom stereocenters. The third-order valence-corrected chi connectivity index (χ3v) is 5.01. The van der Waals surface area contributed by atoms with Gasteiger partial charge in [0.25, 0.3) is 5.91 Å². The molecule has 0 aromatic carbocycles. The topological polar surface area (TPSA) is 75.2 Å². The van der Waals surface area contributed by atoms with Crippen LogP contribution in [0, 0.1) is 12.8 Å². The molecule has 1 aliphatic rings. The molecule has 2 amide bonds. The number of aromatic nitrogens is 2. The molecular weight excluding hydrogens is 348 g/mol. The van der Waals surface area contributed by atoms with Crippen molar-refractivity contribution in [1.29, 1.82) is 0 Å². The number of pyridine rings is 1. The van der Waals surface area contributed by atoms with Gasteiger partial charge < -0.3 is 10.2 Å². The summed E-state index contributed by atoms with van der Waals surface area (Å²) in [7, 11) is 0. The number of aryl methyl sites for hydroxylation is 1. The lowest BCUT2D eigenvalue weighted by molar-refractivity contribution is -0.121. The van der Waals surface area contributed by atoms with Gasteiger partial charge in [-0.3, -0.25) is 9.59 Å². The van der Waals surface area contributed by atoms with Gasteiger partial charge in [-0.05, 0) is 31.9 Å². The molecule has 1 aliphatic heterocycles. The number of halogens is 1. The Morgan fingerprint density at radius 3 is 2.83 bits per heavy atom. The van der Waals surface area contributed by atoms with Gasteiger partial charge in [-0.15, -0.1) is 11.3 Å². The van der Waals surface area contributed by atoms with Gasteiger partial charge in [-0.2, -0.15) is 0 Å². The fourth-order valence-corrected chi connectivity index (χ4v) is 3.53. The summed E-state index contributed by atoms with van der Waals surface area (Å²) in [6, 6.07) is 3.33. The highest BCUT2D eigenvalue weighted by molar-refractivity contribution is 7.13. The lowest BCUT2D eigenvalue weighted by Gasteiger charge is -2.31. The fraction of sp³-hybridized carbons (Fsp3) is 0.375. The van der Waals surface area contributed by atoms with Crippen molar-refractivity contribution < 1.29 is 9.59 Å². The van der Waals surface area contributed by atoms with Crippen molar-refractivity contribution in [3.63, 3.8) is 0 Å². The van der Waals surface area contributed by atoms with Crippen LogP contribution < -0.4 is 5.32 Å². The van der Waals surface area contributed by atoms with E-state index in [4.69, 9.17) is 11.6 Å². The van der Waals surface area contributed by atoms with Crippen molar-refractivity contribution in [3.05, 3.63) is 39.4 Å². The molecule has 1 atom stereocenters. The van der Waals surface area contributed by atoms with Gasteiger partial charge in [-0.25, -0.2) is 9.97 Å². The lowest BCUT2D eigenvalue weighted by Crippen LogP contribution is -2.43. The molecule has 0 bridgehead atoms. The minimum atomic E-state index is -0.241. The van der Waals surface area contributed by atoms with Crippen LogP contribution in [0.1, 0.15) is 27.5 Å². The number of hydrogen-bond donors (Lipinski definition) is 1. The maximum absolute atomic E-state index is 12.5. The highest BCUT2D eigenvalue weighted by atomic mass is 35.5. The molecule has 0 radical (unpaired) electrons. The van der Waals surface area contributed by atoms with E-state index in [-0.39, 0.29) is 17.7 Å². The summed E-state index contributed by atoms with van der Waals surface area (Å²) < 4.78 is 0. The lowest BCUT2D eigenvalue weighted by atomic mass is 9.97. The first-order valence-electron chi connectivity index (χ1n) is 7.67. The number of rotatable bonds is 3. The average Bonchev–Trinajstić information content (AvgIpc) is 3.03. The molecule has 3 heterocycles. The van der Waals surface area contributed by atoms with Crippen LogP contribution in [0.3, 0.4) is 0 Å². The van der Waals surface area contributed by atoms with Gasteiger partial charge in [-0.1, -0.05) is 11.6 Å². The summed E-state index contributed by atoms with van der Waals surface area (Å²) in [6.07, 6.45) is 4.64. The molecule has 24 heavy (non-hydrogen) atoms. The van der Waals surface area contributed by atoms with Crippen LogP contribution in [-0.4, -0.2) is 39.8 Å². The summed E-state index contributed by atoms with van der Waals surface area (Å²) in [5, 5.41) is 4.16. The molecule has 0 saturated carbocycles. The van der Waals surface area contributed by atoms with Gasteiger partial charge in [0, 0.05) is 19.3 Å². The van der Waals surface area contributed by atoms with Crippen LogP contribution in [0.15, 0.2) is 24.5 Å². The van der Waals surface area contributed by atoms with Crippen molar-refractivity contribution in [3.8, 4) is 0 Å². The van der Waals surface area contributed by atoms with Gasteiger partial charge >= 0.3 is 0 Å².